The Hall–Kier alpha value is -0.0400. The van der Waals surface area contributed by atoms with Crippen LogP contribution in [0.3, 0.4) is 0 Å². The van der Waals surface area contributed by atoms with Gasteiger partial charge in [0, 0.05) is 0 Å². The molecule has 0 aromatic rings. The maximum absolute atomic E-state index is 5.75. The molecular weight excluding hydrogens is 170 g/mol. The summed E-state index contributed by atoms with van der Waals surface area (Å²) in [4.78, 5) is 0. The van der Waals surface area contributed by atoms with Gasteiger partial charge in [-0.25, -0.2) is 0 Å². The molecule has 1 atom stereocenters. The van der Waals surface area contributed by atoms with Gasteiger partial charge < -0.3 is 5.73 Å². The average molecular weight is 199 g/mol. The predicted molar refractivity (Wildman–Crippen MR) is 65.4 cm³/mol. The molecule has 0 aromatic carbocycles. The summed E-state index contributed by atoms with van der Waals surface area (Å²) in [6, 6.07) is 0. The number of rotatable bonds is 7. The Labute approximate surface area is 90.5 Å². The fraction of sp³-hybridized carbons (Fsp3) is 1.00. The highest BCUT2D eigenvalue weighted by Crippen LogP contribution is 2.49. The quantitative estimate of drug-likeness (QED) is 0.659. The van der Waals surface area contributed by atoms with E-state index in [2.05, 4.69) is 34.6 Å². The van der Waals surface area contributed by atoms with Crippen LogP contribution in [0, 0.1) is 10.8 Å². The molecule has 86 valence electrons. The van der Waals surface area contributed by atoms with Crippen molar-refractivity contribution in [2.45, 2.75) is 66.7 Å². The molecule has 0 amide bonds. The minimum Gasteiger partial charge on any atom is -0.330 e. The van der Waals surface area contributed by atoms with Crippen LogP contribution in [0.4, 0.5) is 0 Å². The van der Waals surface area contributed by atoms with E-state index < -0.39 is 0 Å². The average Bonchev–Trinajstić information content (AvgIpc) is 2.17. The largest absolute Gasteiger partial charge is 0.330 e. The third kappa shape index (κ3) is 2.73. The van der Waals surface area contributed by atoms with Crippen molar-refractivity contribution >= 4 is 0 Å². The summed E-state index contributed by atoms with van der Waals surface area (Å²) in [5.74, 6) is 0. The molecule has 0 spiro atoms. The Balaban J connectivity index is 4.75. The first-order chi connectivity index (χ1) is 6.49. The van der Waals surface area contributed by atoms with Crippen LogP contribution >= 0.6 is 0 Å². The SMILES string of the molecule is CCC[C@@](C)(CCN)C(C)(CC)CC. The van der Waals surface area contributed by atoms with Crippen molar-refractivity contribution in [3.05, 3.63) is 0 Å². The molecule has 0 rings (SSSR count). The van der Waals surface area contributed by atoms with Crippen LogP contribution in [-0.4, -0.2) is 6.54 Å². The van der Waals surface area contributed by atoms with E-state index in [1.54, 1.807) is 0 Å². The standard InChI is InChI=1S/C13H29N/c1-6-9-13(5,10-11-14)12(4,7-2)8-3/h6-11,14H2,1-5H3/t13-/m0/s1. The van der Waals surface area contributed by atoms with E-state index in [0.717, 1.165) is 6.54 Å². The maximum Gasteiger partial charge on any atom is -0.00719 e. The Morgan fingerprint density at radius 2 is 1.36 bits per heavy atom. The lowest BCUT2D eigenvalue weighted by atomic mass is 9.59. The smallest absolute Gasteiger partial charge is 0.00719 e. The molecule has 0 radical (unpaired) electrons. The van der Waals surface area contributed by atoms with Crippen molar-refractivity contribution < 1.29 is 0 Å². The van der Waals surface area contributed by atoms with Gasteiger partial charge in [0.1, 0.15) is 0 Å². The summed E-state index contributed by atoms with van der Waals surface area (Å²) in [5.41, 5.74) is 6.64. The second kappa shape index (κ2) is 5.75. The van der Waals surface area contributed by atoms with Gasteiger partial charge in [0.25, 0.3) is 0 Å². The zero-order valence-corrected chi connectivity index (χ0v) is 10.8. The minimum atomic E-state index is 0.431. The zero-order valence-electron chi connectivity index (χ0n) is 10.8. The van der Waals surface area contributed by atoms with Crippen LogP contribution in [-0.2, 0) is 0 Å². The second-order valence-corrected chi connectivity index (χ2v) is 5.12. The van der Waals surface area contributed by atoms with Crippen molar-refractivity contribution in [1.29, 1.82) is 0 Å². The van der Waals surface area contributed by atoms with Crippen molar-refractivity contribution in [1.82, 2.24) is 0 Å². The predicted octanol–water partition coefficient (Wildman–Crippen LogP) is 3.97. The van der Waals surface area contributed by atoms with Crippen LogP contribution in [0.25, 0.3) is 0 Å². The van der Waals surface area contributed by atoms with E-state index in [-0.39, 0.29) is 0 Å². The highest BCUT2D eigenvalue weighted by atomic mass is 14.6. The lowest BCUT2D eigenvalue weighted by Gasteiger charge is -2.46. The van der Waals surface area contributed by atoms with Crippen LogP contribution in [0.5, 0.6) is 0 Å². The van der Waals surface area contributed by atoms with Crippen LogP contribution in [0.15, 0.2) is 0 Å². The van der Waals surface area contributed by atoms with E-state index in [0.29, 0.717) is 10.8 Å². The summed E-state index contributed by atoms with van der Waals surface area (Å²) in [6.45, 7) is 12.6. The molecule has 2 N–H and O–H groups in total. The van der Waals surface area contributed by atoms with Gasteiger partial charge in [-0.2, -0.15) is 0 Å². The van der Waals surface area contributed by atoms with Crippen molar-refractivity contribution in [3.8, 4) is 0 Å². The summed E-state index contributed by atoms with van der Waals surface area (Å²) in [5, 5.41) is 0. The van der Waals surface area contributed by atoms with Crippen LogP contribution < -0.4 is 5.73 Å². The van der Waals surface area contributed by atoms with Crippen LogP contribution in [0.2, 0.25) is 0 Å². The molecule has 0 aliphatic carbocycles. The molecule has 0 heterocycles. The van der Waals surface area contributed by atoms with Gasteiger partial charge in [0.15, 0.2) is 0 Å². The van der Waals surface area contributed by atoms with E-state index in [1.807, 2.05) is 0 Å². The molecule has 1 heteroatoms. The molecular formula is C13H29N. The lowest BCUT2D eigenvalue weighted by Crippen LogP contribution is -2.38. The highest BCUT2D eigenvalue weighted by molar-refractivity contribution is 4.90. The van der Waals surface area contributed by atoms with E-state index in [9.17, 15) is 0 Å². The van der Waals surface area contributed by atoms with Gasteiger partial charge in [-0.3, -0.25) is 0 Å². The first-order valence-corrected chi connectivity index (χ1v) is 6.19. The maximum atomic E-state index is 5.75. The molecule has 0 aromatic heterocycles. The minimum absolute atomic E-state index is 0.431. The van der Waals surface area contributed by atoms with Gasteiger partial charge in [-0.05, 0) is 30.2 Å². The van der Waals surface area contributed by atoms with Gasteiger partial charge in [-0.1, -0.05) is 53.9 Å². The fourth-order valence-electron chi connectivity index (χ4n) is 2.70. The normalized spacial score (nSPS) is 16.7. The topological polar surface area (TPSA) is 26.0 Å². The number of hydrogen-bond donors (Lipinski definition) is 1. The van der Waals surface area contributed by atoms with Crippen molar-refractivity contribution in [2.24, 2.45) is 16.6 Å². The Bertz CT molecular complexity index is 141. The molecule has 14 heavy (non-hydrogen) atoms. The third-order valence-electron chi connectivity index (χ3n) is 4.52. The second-order valence-electron chi connectivity index (χ2n) is 5.12. The third-order valence-corrected chi connectivity index (χ3v) is 4.52. The lowest BCUT2D eigenvalue weighted by molar-refractivity contribution is 0.0417. The highest BCUT2D eigenvalue weighted by Gasteiger charge is 2.40. The van der Waals surface area contributed by atoms with Crippen molar-refractivity contribution in [3.63, 3.8) is 0 Å². The number of nitrogens with two attached hydrogens (primary N) is 1. The Morgan fingerprint density at radius 3 is 1.64 bits per heavy atom. The zero-order chi connectivity index (χ0) is 11.2. The van der Waals surface area contributed by atoms with Crippen LogP contribution in [0.1, 0.15) is 66.7 Å². The molecule has 0 bridgehead atoms. The molecule has 0 saturated carbocycles. The summed E-state index contributed by atoms with van der Waals surface area (Å²) < 4.78 is 0. The number of hydrogen-bond acceptors (Lipinski definition) is 1. The monoisotopic (exact) mass is 199 g/mol. The van der Waals surface area contributed by atoms with E-state index in [1.165, 1.54) is 32.1 Å². The van der Waals surface area contributed by atoms with Crippen molar-refractivity contribution in [2.75, 3.05) is 6.54 Å². The molecule has 0 aliphatic heterocycles. The molecule has 0 saturated heterocycles. The van der Waals surface area contributed by atoms with Gasteiger partial charge in [0.05, 0.1) is 0 Å². The van der Waals surface area contributed by atoms with E-state index >= 15 is 0 Å². The van der Waals surface area contributed by atoms with Gasteiger partial charge in [0.2, 0.25) is 0 Å². The van der Waals surface area contributed by atoms with E-state index in [4.69, 9.17) is 5.73 Å². The first kappa shape index (κ1) is 14.0. The Kier molecular flexibility index (Phi) is 5.73. The Morgan fingerprint density at radius 1 is 0.857 bits per heavy atom. The van der Waals surface area contributed by atoms with Gasteiger partial charge in [-0.15, -0.1) is 0 Å². The summed E-state index contributed by atoms with van der Waals surface area (Å²) >= 11 is 0. The van der Waals surface area contributed by atoms with Gasteiger partial charge >= 0.3 is 0 Å². The molecule has 1 nitrogen and oxygen atoms in total. The molecule has 0 aliphatic rings. The summed E-state index contributed by atoms with van der Waals surface area (Å²) in [7, 11) is 0. The summed E-state index contributed by atoms with van der Waals surface area (Å²) in [6.07, 6.45) is 6.27. The molecule has 0 unspecified atom stereocenters. The molecule has 0 fully saturated rings. The fourth-order valence-corrected chi connectivity index (χ4v) is 2.70. The first-order valence-electron chi connectivity index (χ1n) is 6.19.